The average molecular weight is 414 g/mol. The lowest BCUT2D eigenvalue weighted by atomic mass is 9.55. The number of hydrogen-bond donors (Lipinski definition) is 2. The summed E-state index contributed by atoms with van der Waals surface area (Å²) in [6, 6.07) is 14.2. The van der Waals surface area contributed by atoms with E-state index in [2.05, 4.69) is 37.8 Å². The van der Waals surface area contributed by atoms with Gasteiger partial charge in [0.05, 0.1) is 6.10 Å². The van der Waals surface area contributed by atoms with E-state index in [4.69, 9.17) is 5.73 Å². The van der Waals surface area contributed by atoms with Crippen molar-refractivity contribution >= 4 is 18.1 Å². The van der Waals surface area contributed by atoms with Gasteiger partial charge in [0, 0.05) is 11.0 Å². The predicted octanol–water partition coefficient (Wildman–Crippen LogP) is 5.34. The maximum absolute atomic E-state index is 11.6. The molecule has 0 unspecified atom stereocenters. The highest BCUT2D eigenvalue weighted by atomic mass is 16.3. The number of carbonyl (C=O) groups excluding carboxylic acids is 1. The van der Waals surface area contributed by atoms with Crippen LogP contribution in [-0.4, -0.2) is 17.1 Å². The molecule has 0 saturated heterocycles. The van der Waals surface area contributed by atoms with Gasteiger partial charge in [-0.2, -0.15) is 0 Å². The van der Waals surface area contributed by atoms with Crippen LogP contribution in [-0.2, 0) is 6.42 Å². The number of nitrogens with two attached hydrogens (primary N) is 1. The lowest BCUT2D eigenvalue weighted by Crippen LogP contribution is -2.44. The standard InChI is InChI=1S/C28H31NO2/c1-3-17-7-9-22-19(13-17)8-10-24-23(22)11-12-28(2)25(24)16-21(26(28)30)15-18-5-4-6-20(14-18)27(29)31/h3-7,9,13-15,23-26,30H,1,8,10-12,16H2,2H3,(H2,29,31)/b21-15+/t23-,24-,25+,26+,28+/m1/s1. The molecule has 160 valence electrons. The van der Waals surface area contributed by atoms with Crippen molar-refractivity contribution in [1.29, 1.82) is 0 Å². The van der Waals surface area contributed by atoms with Crippen LogP contribution in [0.25, 0.3) is 12.2 Å². The Hall–Kier alpha value is -2.65. The van der Waals surface area contributed by atoms with Crippen molar-refractivity contribution in [2.75, 3.05) is 0 Å². The summed E-state index contributed by atoms with van der Waals surface area (Å²) >= 11 is 0. The Balaban J connectivity index is 1.46. The fraction of sp³-hybridized carbons (Fsp3) is 0.393. The zero-order valence-electron chi connectivity index (χ0n) is 18.2. The summed E-state index contributed by atoms with van der Waals surface area (Å²) in [6.07, 6.45) is 9.00. The average Bonchev–Trinajstić information content (AvgIpc) is 3.03. The first-order valence-corrected chi connectivity index (χ1v) is 11.4. The van der Waals surface area contributed by atoms with Crippen LogP contribution in [0.4, 0.5) is 0 Å². The molecule has 2 aromatic rings. The molecule has 0 heterocycles. The molecule has 2 saturated carbocycles. The van der Waals surface area contributed by atoms with Gasteiger partial charge in [-0.1, -0.05) is 56.0 Å². The first-order chi connectivity index (χ1) is 14.9. The third-order valence-corrected chi connectivity index (χ3v) is 8.38. The van der Waals surface area contributed by atoms with Gasteiger partial charge in [-0.05, 0) is 89.8 Å². The molecular formula is C28H31NO2. The molecule has 0 aliphatic heterocycles. The maximum Gasteiger partial charge on any atom is 0.248 e. The summed E-state index contributed by atoms with van der Waals surface area (Å²) in [7, 11) is 0. The summed E-state index contributed by atoms with van der Waals surface area (Å²) in [4.78, 5) is 11.6. The molecule has 3 aliphatic rings. The van der Waals surface area contributed by atoms with Gasteiger partial charge in [-0.25, -0.2) is 0 Å². The largest absolute Gasteiger partial charge is 0.388 e. The van der Waals surface area contributed by atoms with Gasteiger partial charge in [0.15, 0.2) is 0 Å². The first kappa shape index (κ1) is 20.3. The zero-order valence-corrected chi connectivity index (χ0v) is 18.2. The fourth-order valence-electron chi connectivity index (χ4n) is 6.72. The van der Waals surface area contributed by atoms with Crippen molar-refractivity contribution < 1.29 is 9.90 Å². The molecule has 5 rings (SSSR count). The molecule has 2 aromatic carbocycles. The van der Waals surface area contributed by atoms with Crippen molar-refractivity contribution in [1.82, 2.24) is 0 Å². The minimum absolute atomic E-state index is 0.0765. The van der Waals surface area contributed by atoms with Crippen LogP contribution in [0.3, 0.4) is 0 Å². The predicted molar refractivity (Wildman–Crippen MR) is 125 cm³/mol. The minimum Gasteiger partial charge on any atom is -0.388 e. The highest BCUT2D eigenvalue weighted by Gasteiger charge is 2.56. The van der Waals surface area contributed by atoms with E-state index in [1.807, 2.05) is 24.3 Å². The van der Waals surface area contributed by atoms with E-state index in [0.29, 0.717) is 23.3 Å². The normalized spacial score (nSPS) is 32.8. The SMILES string of the molecule is C=Cc1ccc2c(c1)CC[C@@H]1[C@@H]2CC[C@]2(C)[C@@H](O)/C(=C/c3cccc(C(N)=O)c3)C[C@@H]12. The number of hydrogen-bond acceptors (Lipinski definition) is 2. The Morgan fingerprint density at radius 2 is 2.03 bits per heavy atom. The molecule has 0 bridgehead atoms. The molecule has 31 heavy (non-hydrogen) atoms. The van der Waals surface area contributed by atoms with Crippen LogP contribution in [0.15, 0.2) is 54.6 Å². The minimum atomic E-state index is -0.430. The number of benzene rings is 2. The van der Waals surface area contributed by atoms with Gasteiger partial charge in [-0.3, -0.25) is 4.79 Å². The van der Waals surface area contributed by atoms with E-state index in [0.717, 1.165) is 36.8 Å². The van der Waals surface area contributed by atoms with Crippen molar-refractivity contribution in [2.45, 2.75) is 51.0 Å². The Morgan fingerprint density at radius 1 is 1.19 bits per heavy atom. The van der Waals surface area contributed by atoms with E-state index in [1.165, 1.54) is 23.1 Å². The van der Waals surface area contributed by atoms with E-state index in [1.54, 1.807) is 6.07 Å². The number of aryl methyl sites for hydroxylation is 1. The third-order valence-electron chi connectivity index (χ3n) is 8.38. The van der Waals surface area contributed by atoms with Crippen molar-refractivity contribution in [2.24, 2.45) is 23.0 Å². The van der Waals surface area contributed by atoms with E-state index in [-0.39, 0.29) is 5.41 Å². The summed E-state index contributed by atoms with van der Waals surface area (Å²) in [5.41, 5.74) is 12.1. The van der Waals surface area contributed by atoms with Gasteiger partial charge in [0.25, 0.3) is 0 Å². The second kappa shape index (κ2) is 7.49. The number of aliphatic hydroxyl groups is 1. The molecule has 1 amide bonds. The summed E-state index contributed by atoms with van der Waals surface area (Å²) in [5.74, 6) is 1.26. The number of carbonyl (C=O) groups is 1. The summed E-state index contributed by atoms with van der Waals surface area (Å²) in [6.45, 7) is 6.21. The zero-order chi connectivity index (χ0) is 21.8. The Labute approximate surface area is 184 Å². The van der Waals surface area contributed by atoms with Gasteiger partial charge < -0.3 is 10.8 Å². The first-order valence-electron chi connectivity index (χ1n) is 11.4. The number of fused-ring (bicyclic) bond motifs is 5. The molecule has 3 heteroatoms. The van der Waals surface area contributed by atoms with Crippen molar-refractivity contribution in [3.8, 4) is 0 Å². The highest BCUT2D eigenvalue weighted by Crippen LogP contribution is 2.62. The molecule has 3 nitrogen and oxygen atoms in total. The molecule has 3 aliphatic carbocycles. The second-order valence-corrected chi connectivity index (χ2v) is 9.94. The number of amides is 1. The Bertz CT molecular complexity index is 1080. The van der Waals surface area contributed by atoms with Crippen LogP contribution in [0.1, 0.15) is 71.1 Å². The molecular weight excluding hydrogens is 382 g/mol. The van der Waals surface area contributed by atoms with E-state index < -0.39 is 12.0 Å². The Morgan fingerprint density at radius 3 is 2.81 bits per heavy atom. The van der Waals surface area contributed by atoms with Gasteiger partial charge in [0.1, 0.15) is 0 Å². The van der Waals surface area contributed by atoms with Gasteiger partial charge in [-0.15, -0.1) is 0 Å². The van der Waals surface area contributed by atoms with Crippen LogP contribution < -0.4 is 5.73 Å². The highest BCUT2D eigenvalue weighted by molar-refractivity contribution is 5.93. The second-order valence-electron chi connectivity index (χ2n) is 9.94. The van der Waals surface area contributed by atoms with Crippen LogP contribution in [0.5, 0.6) is 0 Å². The summed E-state index contributed by atoms with van der Waals surface area (Å²) in [5, 5.41) is 11.4. The van der Waals surface area contributed by atoms with E-state index in [9.17, 15) is 9.90 Å². The van der Waals surface area contributed by atoms with Crippen LogP contribution >= 0.6 is 0 Å². The number of primary amides is 1. The maximum atomic E-state index is 11.6. The van der Waals surface area contributed by atoms with Crippen LogP contribution in [0, 0.1) is 17.3 Å². The van der Waals surface area contributed by atoms with Crippen molar-refractivity contribution in [3.63, 3.8) is 0 Å². The quantitative estimate of drug-likeness (QED) is 0.713. The Kier molecular flexibility index (Phi) is 4.90. The smallest absolute Gasteiger partial charge is 0.248 e. The molecule has 0 spiro atoms. The molecule has 0 aromatic heterocycles. The van der Waals surface area contributed by atoms with Gasteiger partial charge >= 0.3 is 0 Å². The molecule has 0 radical (unpaired) electrons. The monoisotopic (exact) mass is 413 g/mol. The van der Waals surface area contributed by atoms with Gasteiger partial charge in [0.2, 0.25) is 5.91 Å². The number of rotatable bonds is 3. The number of aliphatic hydroxyl groups excluding tert-OH is 1. The van der Waals surface area contributed by atoms with Crippen molar-refractivity contribution in [3.05, 3.63) is 82.4 Å². The fourth-order valence-corrected chi connectivity index (χ4v) is 6.72. The molecule has 2 fully saturated rings. The lowest BCUT2D eigenvalue weighted by molar-refractivity contribution is -0.0158. The topological polar surface area (TPSA) is 63.3 Å². The third kappa shape index (κ3) is 3.27. The molecule has 3 N–H and O–H groups in total. The molecule has 5 atom stereocenters. The van der Waals surface area contributed by atoms with E-state index >= 15 is 0 Å². The summed E-state index contributed by atoms with van der Waals surface area (Å²) < 4.78 is 0. The lowest BCUT2D eigenvalue weighted by Gasteiger charge is -2.49. The van der Waals surface area contributed by atoms with Crippen LogP contribution in [0.2, 0.25) is 0 Å².